The highest BCUT2D eigenvalue weighted by Crippen LogP contribution is 2.22. The van der Waals surface area contributed by atoms with E-state index in [9.17, 15) is 9.59 Å². The maximum Gasteiger partial charge on any atom is 0.337 e. The van der Waals surface area contributed by atoms with Gasteiger partial charge in [-0.1, -0.05) is 12.2 Å². The van der Waals surface area contributed by atoms with E-state index in [1.54, 1.807) is 0 Å². The SMILES string of the molecule is COc1ccc(C(=O)O)c(NC(=O)NC2CC=CC2)c1. The topological polar surface area (TPSA) is 87.7 Å². The summed E-state index contributed by atoms with van der Waals surface area (Å²) in [6.07, 6.45) is 5.58. The number of nitrogens with one attached hydrogen (secondary N) is 2. The lowest BCUT2D eigenvalue weighted by Crippen LogP contribution is -2.36. The molecule has 2 rings (SSSR count). The first-order chi connectivity index (χ1) is 9.60. The summed E-state index contributed by atoms with van der Waals surface area (Å²) < 4.78 is 5.03. The van der Waals surface area contributed by atoms with Gasteiger partial charge in [0, 0.05) is 12.1 Å². The highest BCUT2D eigenvalue weighted by atomic mass is 16.5. The monoisotopic (exact) mass is 276 g/mol. The molecule has 0 saturated carbocycles. The fourth-order valence-corrected chi connectivity index (χ4v) is 2.02. The largest absolute Gasteiger partial charge is 0.497 e. The third-order valence-electron chi connectivity index (χ3n) is 3.05. The Hall–Kier alpha value is -2.50. The van der Waals surface area contributed by atoms with Crippen molar-refractivity contribution < 1.29 is 19.4 Å². The molecule has 1 aromatic rings. The van der Waals surface area contributed by atoms with E-state index < -0.39 is 12.0 Å². The highest BCUT2D eigenvalue weighted by Gasteiger charge is 2.16. The second-order valence-electron chi connectivity index (χ2n) is 4.45. The van der Waals surface area contributed by atoms with Crippen molar-refractivity contribution in [3.05, 3.63) is 35.9 Å². The van der Waals surface area contributed by atoms with E-state index >= 15 is 0 Å². The predicted octanol–water partition coefficient (Wildman–Crippen LogP) is 2.23. The van der Waals surface area contributed by atoms with Gasteiger partial charge >= 0.3 is 12.0 Å². The summed E-state index contributed by atoms with van der Waals surface area (Å²) in [7, 11) is 1.48. The van der Waals surface area contributed by atoms with Crippen LogP contribution in [0.3, 0.4) is 0 Å². The number of aromatic carboxylic acids is 1. The standard InChI is InChI=1S/C14H16N2O4/c1-20-10-6-7-11(13(17)18)12(8-10)16-14(19)15-9-4-2-3-5-9/h2-3,6-9H,4-5H2,1H3,(H,17,18)(H2,15,16,19). The Bertz CT molecular complexity index is 546. The average molecular weight is 276 g/mol. The molecule has 0 aromatic heterocycles. The molecule has 0 atom stereocenters. The van der Waals surface area contributed by atoms with Crippen LogP contribution in [0.2, 0.25) is 0 Å². The Balaban J connectivity index is 2.09. The van der Waals surface area contributed by atoms with E-state index in [1.807, 2.05) is 12.2 Å². The molecule has 3 N–H and O–H groups in total. The predicted molar refractivity (Wildman–Crippen MR) is 74.3 cm³/mol. The van der Waals surface area contributed by atoms with Crippen molar-refractivity contribution in [2.75, 3.05) is 12.4 Å². The molecule has 6 heteroatoms. The average Bonchev–Trinajstić information content (AvgIpc) is 2.90. The number of hydrogen-bond donors (Lipinski definition) is 3. The summed E-state index contributed by atoms with van der Waals surface area (Å²) in [6, 6.07) is 4.06. The number of carboxylic acid groups (broad SMARTS) is 1. The van der Waals surface area contributed by atoms with E-state index in [1.165, 1.54) is 25.3 Å². The van der Waals surface area contributed by atoms with E-state index in [2.05, 4.69) is 10.6 Å². The number of ether oxygens (including phenoxy) is 1. The fraction of sp³-hybridized carbons (Fsp3) is 0.286. The van der Waals surface area contributed by atoms with Gasteiger partial charge in [-0.3, -0.25) is 0 Å². The minimum Gasteiger partial charge on any atom is -0.497 e. The lowest BCUT2D eigenvalue weighted by atomic mass is 10.1. The Labute approximate surface area is 116 Å². The Kier molecular flexibility index (Phi) is 4.24. The number of carbonyl (C=O) groups is 2. The number of amides is 2. The van der Waals surface area contributed by atoms with Gasteiger partial charge in [-0.05, 0) is 25.0 Å². The van der Waals surface area contributed by atoms with Crippen LogP contribution in [-0.2, 0) is 0 Å². The third-order valence-corrected chi connectivity index (χ3v) is 3.05. The van der Waals surface area contributed by atoms with Crippen molar-refractivity contribution in [3.8, 4) is 5.75 Å². The minimum atomic E-state index is -1.11. The summed E-state index contributed by atoms with van der Waals surface area (Å²) >= 11 is 0. The Morgan fingerprint density at radius 1 is 1.30 bits per heavy atom. The molecule has 0 aliphatic heterocycles. The van der Waals surface area contributed by atoms with Gasteiger partial charge < -0.3 is 20.5 Å². The first kappa shape index (κ1) is 13.9. The van der Waals surface area contributed by atoms with Gasteiger partial charge in [0.1, 0.15) is 5.75 Å². The normalized spacial score (nSPS) is 14.1. The minimum absolute atomic E-state index is 0.0190. The number of anilines is 1. The second kappa shape index (κ2) is 6.10. The number of hydrogen-bond acceptors (Lipinski definition) is 3. The van der Waals surface area contributed by atoms with Gasteiger partial charge in [-0.2, -0.15) is 0 Å². The maximum absolute atomic E-state index is 11.9. The molecule has 0 unspecified atom stereocenters. The number of rotatable bonds is 4. The first-order valence-corrected chi connectivity index (χ1v) is 6.24. The maximum atomic E-state index is 11.9. The van der Waals surface area contributed by atoms with E-state index in [0.717, 1.165) is 12.8 Å². The molecule has 0 saturated heterocycles. The molecule has 20 heavy (non-hydrogen) atoms. The number of carboxylic acids is 1. The molecule has 106 valence electrons. The lowest BCUT2D eigenvalue weighted by Gasteiger charge is -2.14. The molecule has 1 aromatic carbocycles. The molecule has 1 aliphatic carbocycles. The van der Waals surface area contributed by atoms with Crippen molar-refractivity contribution >= 4 is 17.7 Å². The molecule has 2 amide bonds. The van der Waals surface area contributed by atoms with Crippen LogP contribution in [0.5, 0.6) is 5.75 Å². The van der Waals surface area contributed by atoms with Crippen LogP contribution in [0, 0.1) is 0 Å². The van der Waals surface area contributed by atoms with Crippen LogP contribution >= 0.6 is 0 Å². The van der Waals surface area contributed by atoms with Crippen LogP contribution in [0.25, 0.3) is 0 Å². The zero-order valence-electron chi connectivity index (χ0n) is 11.1. The van der Waals surface area contributed by atoms with Crippen molar-refractivity contribution in [2.24, 2.45) is 0 Å². The van der Waals surface area contributed by atoms with Crippen LogP contribution in [-0.4, -0.2) is 30.3 Å². The second-order valence-corrected chi connectivity index (χ2v) is 4.45. The number of urea groups is 1. The van der Waals surface area contributed by atoms with Crippen molar-refractivity contribution in [2.45, 2.75) is 18.9 Å². The number of benzene rings is 1. The molecule has 6 nitrogen and oxygen atoms in total. The molecular weight excluding hydrogens is 260 g/mol. The van der Waals surface area contributed by atoms with Gasteiger partial charge in [0.25, 0.3) is 0 Å². The van der Waals surface area contributed by atoms with Crippen LogP contribution in [0.15, 0.2) is 30.4 Å². The summed E-state index contributed by atoms with van der Waals surface area (Å²) in [4.78, 5) is 23.0. The van der Waals surface area contributed by atoms with Crippen molar-refractivity contribution in [1.29, 1.82) is 0 Å². The third kappa shape index (κ3) is 3.28. The molecule has 0 radical (unpaired) electrons. The van der Waals surface area contributed by atoms with Gasteiger partial charge in [-0.15, -0.1) is 0 Å². The van der Waals surface area contributed by atoms with E-state index in [-0.39, 0.29) is 17.3 Å². The summed E-state index contributed by atoms with van der Waals surface area (Å²) in [5.41, 5.74) is 0.228. The van der Waals surface area contributed by atoms with Crippen LogP contribution < -0.4 is 15.4 Å². The smallest absolute Gasteiger partial charge is 0.337 e. The molecule has 1 aliphatic rings. The summed E-state index contributed by atoms with van der Waals surface area (Å²) in [5.74, 6) is -0.627. The lowest BCUT2D eigenvalue weighted by molar-refractivity contribution is 0.0698. The van der Waals surface area contributed by atoms with E-state index in [4.69, 9.17) is 9.84 Å². The van der Waals surface area contributed by atoms with Gasteiger partial charge in [0.15, 0.2) is 0 Å². The Morgan fingerprint density at radius 2 is 2.00 bits per heavy atom. The van der Waals surface area contributed by atoms with Gasteiger partial charge in [0.05, 0.1) is 18.4 Å². The van der Waals surface area contributed by atoms with E-state index in [0.29, 0.717) is 5.75 Å². The van der Waals surface area contributed by atoms with Crippen LogP contribution in [0.4, 0.5) is 10.5 Å². The van der Waals surface area contributed by atoms with Crippen LogP contribution in [0.1, 0.15) is 23.2 Å². The van der Waals surface area contributed by atoms with Crippen molar-refractivity contribution in [1.82, 2.24) is 5.32 Å². The summed E-state index contributed by atoms with van der Waals surface area (Å²) in [5, 5.41) is 14.4. The quantitative estimate of drug-likeness (QED) is 0.736. The first-order valence-electron chi connectivity index (χ1n) is 6.24. The molecule has 0 bridgehead atoms. The zero-order chi connectivity index (χ0) is 14.5. The van der Waals surface area contributed by atoms with Gasteiger partial charge in [0.2, 0.25) is 0 Å². The number of methoxy groups -OCH3 is 1. The zero-order valence-corrected chi connectivity index (χ0v) is 11.1. The molecular formula is C14H16N2O4. The van der Waals surface area contributed by atoms with Crippen molar-refractivity contribution in [3.63, 3.8) is 0 Å². The molecule has 0 fully saturated rings. The fourth-order valence-electron chi connectivity index (χ4n) is 2.02. The highest BCUT2D eigenvalue weighted by molar-refractivity contribution is 6.00. The Morgan fingerprint density at radius 3 is 2.60 bits per heavy atom. The van der Waals surface area contributed by atoms with Gasteiger partial charge in [-0.25, -0.2) is 9.59 Å². The summed E-state index contributed by atoms with van der Waals surface area (Å²) in [6.45, 7) is 0. The number of carbonyl (C=O) groups excluding carboxylic acids is 1. The molecule has 0 heterocycles. The molecule has 0 spiro atoms.